The molecule has 0 saturated heterocycles. The van der Waals surface area contributed by atoms with E-state index in [1.807, 2.05) is 12.3 Å². The van der Waals surface area contributed by atoms with Crippen LogP contribution in [0, 0.1) is 11.8 Å². The molecular weight excluding hydrogens is 248 g/mol. The van der Waals surface area contributed by atoms with Crippen molar-refractivity contribution in [2.75, 3.05) is 6.54 Å². The number of pyridine rings is 1. The van der Waals surface area contributed by atoms with Crippen molar-refractivity contribution in [2.24, 2.45) is 11.8 Å². The number of ether oxygens (including phenoxy) is 1. The van der Waals surface area contributed by atoms with E-state index < -0.39 is 0 Å². The van der Waals surface area contributed by atoms with E-state index in [1.165, 1.54) is 12.0 Å². The van der Waals surface area contributed by atoms with Gasteiger partial charge in [0.1, 0.15) is 6.10 Å². The predicted octanol–water partition coefficient (Wildman–Crippen LogP) is 3.78. The predicted molar refractivity (Wildman–Crippen MR) is 82.8 cm³/mol. The van der Waals surface area contributed by atoms with E-state index in [9.17, 15) is 0 Å². The fourth-order valence-electron chi connectivity index (χ4n) is 2.77. The number of hydrogen-bond acceptors (Lipinski definition) is 3. The summed E-state index contributed by atoms with van der Waals surface area (Å²) < 4.78 is 6.02. The summed E-state index contributed by atoms with van der Waals surface area (Å²) >= 11 is 0. The molecule has 3 unspecified atom stereocenters. The standard InChI is InChI=1S/C17H28N2O/c1-4-9-18-11-15-6-8-17(19-12-15)20-16-7-5-13(2)14(3)10-16/h6,8,12-14,16,18H,4-5,7,9-11H2,1-3H3. The molecule has 1 aliphatic rings. The van der Waals surface area contributed by atoms with Crippen molar-refractivity contribution in [3.8, 4) is 5.88 Å². The Labute approximate surface area is 123 Å². The highest BCUT2D eigenvalue weighted by molar-refractivity contribution is 5.18. The minimum atomic E-state index is 0.345. The highest BCUT2D eigenvalue weighted by Gasteiger charge is 2.25. The van der Waals surface area contributed by atoms with Crippen molar-refractivity contribution in [2.45, 2.75) is 59.1 Å². The van der Waals surface area contributed by atoms with E-state index in [2.05, 4.69) is 37.1 Å². The largest absolute Gasteiger partial charge is 0.474 e. The third kappa shape index (κ3) is 4.48. The van der Waals surface area contributed by atoms with Crippen LogP contribution in [0.3, 0.4) is 0 Å². The van der Waals surface area contributed by atoms with Crippen LogP contribution in [0.5, 0.6) is 5.88 Å². The summed E-state index contributed by atoms with van der Waals surface area (Å²) in [5.74, 6) is 2.36. The highest BCUT2D eigenvalue weighted by atomic mass is 16.5. The first-order valence-corrected chi connectivity index (χ1v) is 8.01. The number of rotatable bonds is 6. The molecule has 1 aromatic rings. The van der Waals surface area contributed by atoms with Crippen LogP contribution < -0.4 is 10.1 Å². The van der Waals surface area contributed by atoms with Crippen LogP contribution in [0.4, 0.5) is 0 Å². The first-order chi connectivity index (χ1) is 9.69. The van der Waals surface area contributed by atoms with Crippen LogP contribution >= 0.6 is 0 Å². The molecule has 112 valence electrons. The van der Waals surface area contributed by atoms with Crippen molar-refractivity contribution in [1.82, 2.24) is 10.3 Å². The SMILES string of the molecule is CCCNCc1ccc(OC2CCC(C)C(C)C2)nc1. The maximum atomic E-state index is 6.02. The van der Waals surface area contributed by atoms with Gasteiger partial charge in [0.2, 0.25) is 5.88 Å². The lowest BCUT2D eigenvalue weighted by Crippen LogP contribution is -2.29. The summed E-state index contributed by atoms with van der Waals surface area (Å²) in [5, 5.41) is 3.38. The summed E-state index contributed by atoms with van der Waals surface area (Å²) in [5.41, 5.74) is 1.22. The molecule has 1 fully saturated rings. The molecule has 0 amide bonds. The van der Waals surface area contributed by atoms with Gasteiger partial charge in [-0.2, -0.15) is 0 Å². The molecular formula is C17H28N2O. The van der Waals surface area contributed by atoms with Crippen LogP contribution in [0.1, 0.15) is 52.0 Å². The summed E-state index contributed by atoms with van der Waals surface area (Å²) in [6.07, 6.45) is 7.01. The zero-order chi connectivity index (χ0) is 14.4. The van der Waals surface area contributed by atoms with Crippen LogP contribution in [-0.2, 0) is 6.54 Å². The van der Waals surface area contributed by atoms with Gasteiger partial charge in [0, 0.05) is 18.8 Å². The third-order valence-electron chi connectivity index (χ3n) is 4.39. The number of nitrogens with zero attached hydrogens (tertiary/aromatic N) is 1. The molecule has 20 heavy (non-hydrogen) atoms. The van der Waals surface area contributed by atoms with Crippen LogP contribution in [-0.4, -0.2) is 17.6 Å². The van der Waals surface area contributed by atoms with E-state index in [4.69, 9.17) is 4.74 Å². The minimum absolute atomic E-state index is 0.345. The molecule has 0 spiro atoms. The quantitative estimate of drug-likeness (QED) is 0.803. The number of hydrogen-bond donors (Lipinski definition) is 1. The molecule has 1 aliphatic carbocycles. The van der Waals surface area contributed by atoms with Crippen LogP contribution in [0.2, 0.25) is 0 Å². The average Bonchev–Trinajstić information content (AvgIpc) is 2.45. The Morgan fingerprint density at radius 3 is 2.75 bits per heavy atom. The van der Waals surface area contributed by atoms with E-state index in [0.29, 0.717) is 6.10 Å². The van der Waals surface area contributed by atoms with Crippen LogP contribution in [0.15, 0.2) is 18.3 Å². The number of nitrogens with one attached hydrogen (secondary N) is 1. The van der Waals surface area contributed by atoms with Gasteiger partial charge < -0.3 is 10.1 Å². The summed E-state index contributed by atoms with van der Waals surface area (Å²) in [4.78, 5) is 4.43. The smallest absolute Gasteiger partial charge is 0.213 e. The fourth-order valence-corrected chi connectivity index (χ4v) is 2.77. The normalized spacial score (nSPS) is 26.4. The molecule has 3 nitrogen and oxygen atoms in total. The van der Waals surface area contributed by atoms with Gasteiger partial charge in [-0.3, -0.25) is 0 Å². The Balaban J connectivity index is 1.81. The molecule has 1 aromatic heterocycles. The maximum Gasteiger partial charge on any atom is 0.213 e. The Kier molecular flexibility index (Phi) is 5.84. The first-order valence-electron chi connectivity index (χ1n) is 8.01. The molecule has 1 saturated carbocycles. The summed E-state index contributed by atoms with van der Waals surface area (Å²) in [7, 11) is 0. The van der Waals surface area contributed by atoms with E-state index in [0.717, 1.165) is 50.1 Å². The molecule has 1 heterocycles. The second-order valence-electron chi connectivity index (χ2n) is 6.19. The lowest BCUT2D eigenvalue weighted by molar-refractivity contribution is 0.0964. The molecule has 3 atom stereocenters. The van der Waals surface area contributed by atoms with Gasteiger partial charge in [0.15, 0.2) is 0 Å². The third-order valence-corrected chi connectivity index (χ3v) is 4.39. The fraction of sp³-hybridized carbons (Fsp3) is 0.706. The van der Waals surface area contributed by atoms with Gasteiger partial charge in [-0.05, 0) is 49.6 Å². The summed E-state index contributed by atoms with van der Waals surface area (Å²) in [6.45, 7) is 8.79. The van der Waals surface area contributed by atoms with Gasteiger partial charge in [0.25, 0.3) is 0 Å². The Morgan fingerprint density at radius 1 is 1.25 bits per heavy atom. The van der Waals surface area contributed by atoms with Gasteiger partial charge >= 0.3 is 0 Å². The first kappa shape index (κ1) is 15.3. The van der Waals surface area contributed by atoms with Crippen molar-refractivity contribution in [3.05, 3.63) is 23.9 Å². The van der Waals surface area contributed by atoms with Gasteiger partial charge in [-0.1, -0.05) is 26.8 Å². The molecule has 0 bridgehead atoms. The molecule has 0 radical (unpaired) electrons. The van der Waals surface area contributed by atoms with E-state index in [-0.39, 0.29) is 0 Å². The topological polar surface area (TPSA) is 34.1 Å². The van der Waals surface area contributed by atoms with Gasteiger partial charge in [0.05, 0.1) is 0 Å². The average molecular weight is 276 g/mol. The van der Waals surface area contributed by atoms with Gasteiger partial charge in [-0.25, -0.2) is 4.98 Å². The van der Waals surface area contributed by atoms with Crippen molar-refractivity contribution in [1.29, 1.82) is 0 Å². The van der Waals surface area contributed by atoms with E-state index in [1.54, 1.807) is 0 Å². The lowest BCUT2D eigenvalue weighted by Gasteiger charge is -2.31. The van der Waals surface area contributed by atoms with Crippen molar-refractivity contribution >= 4 is 0 Å². The Morgan fingerprint density at radius 2 is 2.10 bits per heavy atom. The second kappa shape index (κ2) is 7.63. The zero-order valence-corrected chi connectivity index (χ0v) is 13.1. The lowest BCUT2D eigenvalue weighted by atomic mass is 9.80. The minimum Gasteiger partial charge on any atom is -0.474 e. The van der Waals surface area contributed by atoms with Crippen molar-refractivity contribution < 1.29 is 4.74 Å². The molecule has 0 aliphatic heterocycles. The maximum absolute atomic E-state index is 6.02. The highest BCUT2D eigenvalue weighted by Crippen LogP contribution is 2.31. The van der Waals surface area contributed by atoms with Gasteiger partial charge in [-0.15, -0.1) is 0 Å². The molecule has 3 heteroatoms. The number of aromatic nitrogens is 1. The zero-order valence-electron chi connectivity index (χ0n) is 13.1. The Bertz CT molecular complexity index is 390. The molecule has 0 aromatic carbocycles. The monoisotopic (exact) mass is 276 g/mol. The Hall–Kier alpha value is -1.09. The second-order valence-corrected chi connectivity index (χ2v) is 6.19. The van der Waals surface area contributed by atoms with Crippen LogP contribution in [0.25, 0.3) is 0 Å². The summed E-state index contributed by atoms with van der Waals surface area (Å²) in [6, 6.07) is 4.12. The van der Waals surface area contributed by atoms with E-state index >= 15 is 0 Å². The van der Waals surface area contributed by atoms with Crippen molar-refractivity contribution in [3.63, 3.8) is 0 Å². The molecule has 1 N–H and O–H groups in total. The molecule has 2 rings (SSSR count).